The second-order valence-electron chi connectivity index (χ2n) is 7.99. The zero-order valence-electron chi connectivity index (χ0n) is 17.8. The topological polar surface area (TPSA) is 58.0 Å². The second-order valence-corrected chi connectivity index (χ2v) is 9.49. The van der Waals surface area contributed by atoms with Crippen LogP contribution in [-0.2, 0) is 20.9 Å². The van der Waals surface area contributed by atoms with Crippen molar-refractivity contribution in [2.75, 3.05) is 59.0 Å². The average Bonchev–Trinajstić information content (AvgIpc) is 3.15. The molecule has 31 heavy (non-hydrogen) atoms. The average molecular weight is 461 g/mol. The molecular formula is C22H28N4O3S2. The Morgan fingerprint density at radius 2 is 1.52 bits per heavy atom. The van der Waals surface area contributed by atoms with Gasteiger partial charge in [0.1, 0.15) is 6.54 Å². The number of benzene rings is 1. The minimum Gasteiger partial charge on any atom is -0.379 e. The molecule has 1 aromatic heterocycles. The first-order valence-electron chi connectivity index (χ1n) is 10.6. The molecule has 0 saturated carbocycles. The fourth-order valence-electron chi connectivity index (χ4n) is 3.92. The smallest absolute Gasteiger partial charge is 0.242 e. The molecule has 3 heterocycles. The molecule has 1 aromatic carbocycles. The van der Waals surface area contributed by atoms with E-state index in [-0.39, 0.29) is 18.4 Å². The number of aromatic nitrogens is 1. The third-order valence-corrected chi connectivity index (χ3v) is 7.14. The summed E-state index contributed by atoms with van der Waals surface area (Å²) in [6.07, 6.45) is 0. The van der Waals surface area contributed by atoms with E-state index < -0.39 is 0 Å². The molecular weight excluding hydrogens is 432 g/mol. The third kappa shape index (κ3) is 5.41. The number of piperazine rings is 1. The number of thiazole rings is 1. The van der Waals surface area contributed by atoms with E-state index in [0.29, 0.717) is 49.9 Å². The van der Waals surface area contributed by atoms with Crippen LogP contribution in [0.3, 0.4) is 0 Å². The molecule has 2 fully saturated rings. The monoisotopic (exact) mass is 460 g/mol. The van der Waals surface area contributed by atoms with Crippen LogP contribution in [0.2, 0.25) is 0 Å². The predicted molar refractivity (Wildman–Crippen MR) is 124 cm³/mol. The van der Waals surface area contributed by atoms with Crippen molar-refractivity contribution in [3.63, 3.8) is 0 Å². The van der Waals surface area contributed by atoms with Gasteiger partial charge in [-0.3, -0.25) is 14.5 Å². The minimum atomic E-state index is 0.0446. The Balaban J connectivity index is 1.33. The van der Waals surface area contributed by atoms with Gasteiger partial charge in [0, 0.05) is 44.6 Å². The Kier molecular flexibility index (Phi) is 7.16. The summed E-state index contributed by atoms with van der Waals surface area (Å²) in [6.45, 7) is 7.97. The number of aryl methyl sites for hydroxylation is 1. The van der Waals surface area contributed by atoms with Crippen molar-refractivity contribution in [2.45, 2.75) is 13.5 Å². The van der Waals surface area contributed by atoms with E-state index in [1.54, 1.807) is 0 Å². The lowest BCUT2D eigenvalue weighted by Gasteiger charge is -2.36. The van der Waals surface area contributed by atoms with Crippen LogP contribution in [0.15, 0.2) is 29.6 Å². The number of ether oxygens (including phenoxy) is 1. The summed E-state index contributed by atoms with van der Waals surface area (Å²) in [5.74, 6) is 0.179. The van der Waals surface area contributed by atoms with E-state index in [2.05, 4.69) is 36.1 Å². The van der Waals surface area contributed by atoms with Gasteiger partial charge in [-0.05, 0) is 24.7 Å². The number of carbonyl (C=O) groups is 2. The van der Waals surface area contributed by atoms with Crippen LogP contribution in [0, 0.1) is 10.9 Å². The van der Waals surface area contributed by atoms with Gasteiger partial charge >= 0.3 is 0 Å². The van der Waals surface area contributed by atoms with E-state index >= 15 is 0 Å². The Morgan fingerprint density at radius 3 is 2.13 bits per heavy atom. The Hall–Kier alpha value is -2.07. The SMILES string of the molecule is Cc1ccc(-c2csc(=S)n2CC(=O)N2CCN(C(=O)CN3CCOCC3)CC2)cc1. The van der Waals surface area contributed by atoms with Crippen molar-refractivity contribution in [3.8, 4) is 11.3 Å². The normalized spacial score (nSPS) is 17.7. The van der Waals surface area contributed by atoms with Gasteiger partial charge in [0.25, 0.3) is 0 Å². The minimum absolute atomic E-state index is 0.0446. The molecule has 0 aliphatic carbocycles. The van der Waals surface area contributed by atoms with Crippen LogP contribution < -0.4 is 0 Å². The van der Waals surface area contributed by atoms with E-state index in [9.17, 15) is 9.59 Å². The molecule has 0 bridgehead atoms. The van der Waals surface area contributed by atoms with Crippen molar-refractivity contribution in [1.29, 1.82) is 0 Å². The van der Waals surface area contributed by atoms with Gasteiger partial charge < -0.3 is 19.1 Å². The van der Waals surface area contributed by atoms with Crippen molar-refractivity contribution >= 4 is 35.4 Å². The van der Waals surface area contributed by atoms with Crippen molar-refractivity contribution < 1.29 is 14.3 Å². The largest absolute Gasteiger partial charge is 0.379 e. The number of hydrogen-bond donors (Lipinski definition) is 0. The zero-order valence-corrected chi connectivity index (χ0v) is 19.4. The van der Waals surface area contributed by atoms with Crippen LogP contribution in [-0.4, -0.2) is 90.1 Å². The van der Waals surface area contributed by atoms with E-state index in [0.717, 1.165) is 24.3 Å². The van der Waals surface area contributed by atoms with Gasteiger partial charge in [-0.2, -0.15) is 0 Å². The molecule has 4 rings (SSSR count). The number of hydrogen-bond acceptors (Lipinski definition) is 6. The van der Waals surface area contributed by atoms with Crippen LogP contribution >= 0.6 is 23.6 Å². The molecule has 0 atom stereocenters. The Labute approximate surface area is 191 Å². The maximum atomic E-state index is 13.0. The first-order chi connectivity index (χ1) is 15.0. The van der Waals surface area contributed by atoms with Crippen molar-refractivity contribution in [3.05, 3.63) is 39.2 Å². The predicted octanol–water partition coefficient (Wildman–Crippen LogP) is 2.26. The lowest BCUT2D eigenvalue weighted by molar-refractivity contribution is -0.141. The van der Waals surface area contributed by atoms with Gasteiger partial charge in [-0.1, -0.05) is 29.8 Å². The van der Waals surface area contributed by atoms with E-state index in [1.165, 1.54) is 16.9 Å². The van der Waals surface area contributed by atoms with Crippen molar-refractivity contribution in [1.82, 2.24) is 19.3 Å². The summed E-state index contributed by atoms with van der Waals surface area (Å²) in [4.78, 5) is 31.4. The molecule has 0 radical (unpaired) electrons. The zero-order chi connectivity index (χ0) is 21.8. The van der Waals surface area contributed by atoms with E-state index in [4.69, 9.17) is 17.0 Å². The van der Waals surface area contributed by atoms with Crippen LogP contribution in [0.1, 0.15) is 5.56 Å². The van der Waals surface area contributed by atoms with Crippen molar-refractivity contribution in [2.24, 2.45) is 0 Å². The summed E-state index contributed by atoms with van der Waals surface area (Å²) in [7, 11) is 0. The molecule has 2 aromatic rings. The number of nitrogens with zero attached hydrogens (tertiary/aromatic N) is 4. The number of carbonyl (C=O) groups excluding carboxylic acids is 2. The summed E-state index contributed by atoms with van der Waals surface area (Å²) < 4.78 is 7.96. The van der Waals surface area contributed by atoms with Crippen LogP contribution in [0.4, 0.5) is 0 Å². The van der Waals surface area contributed by atoms with Gasteiger partial charge in [0.05, 0.1) is 25.5 Å². The number of amides is 2. The molecule has 0 unspecified atom stereocenters. The third-order valence-electron chi connectivity index (χ3n) is 5.87. The summed E-state index contributed by atoms with van der Waals surface area (Å²) in [5, 5.41) is 2.02. The summed E-state index contributed by atoms with van der Waals surface area (Å²) in [5.41, 5.74) is 3.23. The molecule has 2 aliphatic heterocycles. The molecule has 166 valence electrons. The summed E-state index contributed by atoms with van der Waals surface area (Å²) >= 11 is 6.97. The number of morpholine rings is 1. The summed E-state index contributed by atoms with van der Waals surface area (Å²) in [6, 6.07) is 8.25. The maximum absolute atomic E-state index is 13.0. The quantitative estimate of drug-likeness (QED) is 0.641. The molecule has 2 saturated heterocycles. The van der Waals surface area contributed by atoms with Gasteiger partial charge in [-0.25, -0.2) is 0 Å². The maximum Gasteiger partial charge on any atom is 0.242 e. The number of rotatable bonds is 5. The second kappa shape index (κ2) is 10.0. The van der Waals surface area contributed by atoms with E-state index in [1.807, 2.05) is 19.7 Å². The standard InChI is InChI=1S/C22H28N4O3S2/c1-17-2-4-18(5-3-17)19-16-31-22(30)26(19)15-21(28)25-8-6-24(7-9-25)20(27)14-23-10-12-29-13-11-23/h2-5,16H,6-15H2,1H3. The molecule has 0 N–H and O–H groups in total. The van der Waals surface area contributed by atoms with Gasteiger partial charge in [0.15, 0.2) is 3.95 Å². The van der Waals surface area contributed by atoms with Crippen LogP contribution in [0.5, 0.6) is 0 Å². The Morgan fingerprint density at radius 1 is 0.935 bits per heavy atom. The first kappa shape index (κ1) is 22.1. The fraction of sp³-hybridized carbons (Fsp3) is 0.500. The highest BCUT2D eigenvalue weighted by Gasteiger charge is 2.26. The highest BCUT2D eigenvalue weighted by molar-refractivity contribution is 7.73. The van der Waals surface area contributed by atoms with Gasteiger partial charge in [-0.15, -0.1) is 11.3 Å². The lowest BCUT2D eigenvalue weighted by Crippen LogP contribution is -2.53. The van der Waals surface area contributed by atoms with Crippen LogP contribution in [0.25, 0.3) is 11.3 Å². The molecule has 2 aliphatic rings. The Bertz CT molecular complexity index is 971. The molecule has 7 nitrogen and oxygen atoms in total. The highest BCUT2D eigenvalue weighted by atomic mass is 32.1. The van der Waals surface area contributed by atoms with Gasteiger partial charge in [0.2, 0.25) is 11.8 Å². The first-order valence-corrected chi connectivity index (χ1v) is 11.9. The fourth-order valence-corrected chi connectivity index (χ4v) is 4.99. The molecule has 2 amide bonds. The highest BCUT2D eigenvalue weighted by Crippen LogP contribution is 2.24. The molecule has 0 spiro atoms. The molecule has 9 heteroatoms. The lowest BCUT2D eigenvalue weighted by atomic mass is 10.1.